The first-order valence-corrected chi connectivity index (χ1v) is 2.78. The highest BCUT2D eigenvalue weighted by atomic mass is 16.4. The zero-order chi connectivity index (χ0) is 7.56. The summed E-state index contributed by atoms with van der Waals surface area (Å²) in [6, 6.07) is 3.18. The fourth-order valence-corrected chi connectivity index (χ4v) is 0.734. The van der Waals surface area contributed by atoms with Gasteiger partial charge in [-0.1, -0.05) is 6.58 Å². The topological polar surface area (TPSA) is 42.2 Å². The SMILES string of the molecule is C=Cn1cccc1C(=O)O. The Hall–Kier alpha value is -1.51. The number of carboxylic acid groups (broad SMARTS) is 1. The van der Waals surface area contributed by atoms with E-state index in [2.05, 4.69) is 6.58 Å². The third-order valence-electron chi connectivity index (χ3n) is 1.19. The number of carboxylic acids is 1. The van der Waals surface area contributed by atoms with Gasteiger partial charge >= 0.3 is 5.97 Å². The molecule has 0 saturated heterocycles. The van der Waals surface area contributed by atoms with E-state index in [9.17, 15) is 4.79 Å². The van der Waals surface area contributed by atoms with Crippen LogP contribution in [-0.4, -0.2) is 15.6 Å². The summed E-state index contributed by atoms with van der Waals surface area (Å²) in [6.07, 6.45) is 3.08. The molecule has 0 atom stereocenters. The zero-order valence-electron chi connectivity index (χ0n) is 5.32. The molecule has 1 aromatic rings. The molecule has 1 rings (SSSR count). The van der Waals surface area contributed by atoms with Crippen LogP contribution in [0.2, 0.25) is 0 Å². The highest BCUT2D eigenvalue weighted by Gasteiger charge is 2.04. The van der Waals surface area contributed by atoms with E-state index in [1.165, 1.54) is 16.8 Å². The van der Waals surface area contributed by atoms with Crippen LogP contribution >= 0.6 is 0 Å². The molecule has 0 fully saturated rings. The Balaban J connectivity index is 3.13. The van der Waals surface area contributed by atoms with Gasteiger partial charge in [-0.15, -0.1) is 0 Å². The lowest BCUT2D eigenvalue weighted by atomic mass is 10.4. The average Bonchev–Trinajstić information content (AvgIpc) is 2.33. The van der Waals surface area contributed by atoms with Gasteiger partial charge in [-0.05, 0) is 12.1 Å². The van der Waals surface area contributed by atoms with Crippen molar-refractivity contribution in [3.8, 4) is 0 Å². The Morgan fingerprint density at radius 1 is 1.80 bits per heavy atom. The summed E-state index contributed by atoms with van der Waals surface area (Å²) in [7, 11) is 0. The normalized spacial score (nSPS) is 9.20. The van der Waals surface area contributed by atoms with Gasteiger partial charge in [0, 0.05) is 12.4 Å². The minimum Gasteiger partial charge on any atom is -0.477 e. The first kappa shape index (κ1) is 6.61. The van der Waals surface area contributed by atoms with Gasteiger partial charge < -0.3 is 9.67 Å². The highest BCUT2D eigenvalue weighted by molar-refractivity contribution is 5.86. The maximum atomic E-state index is 10.4. The van der Waals surface area contributed by atoms with Crippen LogP contribution in [-0.2, 0) is 0 Å². The van der Waals surface area contributed by atoms with E-state index in [-0.39, 0.29) is 5.69 Å². The van der Waals surface area contributed by atoms with Gasteiger partial charge in [0.25, 0.3) is 0 Å². The molecule has 1 aromatic heterocycles. The molecular weight excluding hydrogens is 130 g/mol. The van der Waals surface area contributed by atoms with E-state index in [4.69, 9.17) is 5.11 Å². The smallest absolute Gasteiger partial charge is 0.352 e. The van der Waals surface area contributed by atoms with Gasteiger partial charge in [-0.25, -0.2) is 4.79 Å². The Labute approximate surface area is 58.2 Å². The van der Waals surface area contributed by atoms with Gasteiger partial charge in [0.15, 0.2) is 0 Å². The number of nitrogens with zero attached hydrogens (tertiary/aromatic N) is 1. The van der Waals surface area contributed by atoms with E-state index < -0.39 is 5.97 Å². The molecule has 0 aliphatic carbocycles. The fourth-order valence-electron chi connectivity index (χ4n) is 0.734. The molecule has 52 valence electrons. The first-order valence-electron chi connectivity index (χ1n) is 2.78. The molecule has 0 bridgehead atoms. The lowest BCUT2D eigenvalue weighted by molar-refractivity contribution is 0.0689. The molecule has 0 aliphatic heterocycles. The van der Waals surface area contributed by atoms with E-state index in [1.54, 1.807) is 12.3 Å². The number of hydrogen-bond donors (Lipinski definition) is 1. The monoisotopic (exact) mass is 137 g/mol. The Morgan fingerprint density at radius 2 is 2.50 bits per heavy atom. The second kappa shape index (κ2) is 2.39. The minimum atomic E-state index is -0.940. The molecule has 1 N–H and O–H groups in total. The van der Waals surface area contributed by atoms with Crippen molar-refractivity contribution in [1.29, 1.82) is 0 Å². The first-order chi connectivity index (χ1) is 4.75. The van der Waals surface area contributed by atoms with Crippen molar-refractivity contribution in [3.63, 3.8) is 0 Å². The van der Waals surface area contributed by atoms with Gasteiger partial charge in [0.05, 0.1) is 0 Å². The average molecular weight is 137 g/mol. The van der Waals surface area contributed by atoms with Gasteiger partial charge in [-0.2, -0.15) is 0 Å². The maximum absolute atomic E-state index is 10.4. The zero-order valence-corrected chi connectivity index (χ0v) is 5.32. The molecule has 0 spiro atoms. The van der Waals surface area contributed by atoms with E-state index in [1.807, 2.05) is 0 Å². The largest absolute Gasteiger partial charge is 0.477 e. The number of hydrogen-bond acceptors (Lipinski definition) is 1. The van der Waals surface area contributed by atoms with Crippen molar-refractivity contribution in [3.05, 3.63) is 30.6 Å². The number of aromatic nitrogens is 1. The molecule has 10 heavy (non-hydrogen) atoms. The lowest BCUT2D eigenvalue weighted by Gasteiger charge is -1.94. The number of aromatic carboxylic acids is 1. The molecule has 0 unspecified atom stereocenters. The predicted molar refractivity (Wildman–Crippen MR) is 37.8 cm³/mol. The van der Waals surface area contributed by atoms with E-state index >= 15 is 0 Å². The predicted octanol–water partition coefficient (Wildman–Crippen LogP) is 1.29. The Kier molecular flexibility index (Phi) is 1.58. The molecule has 0 saturated carbocycles. The van der Waals surface area contributed by atoms with Crippen molar-refractivity contribution >= 4 is 12.2 Å². The molecule has 1 heterocycles. The summed E-state index contributed by atoms with van der Waals surface area (Å²) in [5, 5.41) is 8.52. The maximum Gasteiger partial charge on any atom is 0.352 e. The molecule has 0 aromatic carbocycles. The summed E-state index contributed by atoms with van der Waals surface area (Å²) < 4.78 is 1.45. The molecular formula is C7H7NO2. The van der Waals surface area contributed by atoms with Crippen molar-refractivity contribution in [2.45, 2.75) is 0 Å². The standard InChI is InChI=1S/C7H7NO2/c1-2-8-5-3-4-6(8)7(9)10/h2-5H,1H2,(H,9,10). The van der Waals surface area contributed by atoms with Gasteiger partial charge in [0.1, 0.15) is 5.69 Å². The van der Waals surface area contributed by atoms with Crippen LogP contribution in [0.4, 0.5) is 0 Å². The molecule has 3 heteroatoms. The van der Waals surface area contributed by atoms with Crippen LogP contribution in [0.1, 0.15) is 10.5 Å². The van der Waals surface area contributed by atoms with Crippen molar-refractivity contribution in [1.82, 2.24) is 4.57 Å². The van der Waals surface area contributed by atoms with Crippen LogP contribution in [0.25, 0.3) is 6.20 Å². The third-order valence-corrected chi connectivity index (χ3v) is 1.19. The summed E-state index contributed by atoms with van der Waals surface area (Å²) in [6.45, 7) is 3.45. The van der Waals surface area contributed by atoms with E-state index in [0.29, 0.717) is 0 Å². The fraction of sp³-hybridized carbons (Fsp3) is 0. The molecule has 0 radical (unpaired) electrons. The van der Waals surface area contributed by atoms with Crippen LogP contribution < -0.4 is 0 Å². The minimum absolute atomic E-state index is 0.231. The van der Waals surface area contributed by atoms with E-state index in [0.717, 1.165) is 0 Å². The summed E-state index contributed by atoms with van der Waals surface area (Å²) in [4.78, 5) is 10.4. The number of rotatable bonds is 2. The van der Waals surface area contributed by atoms with Crippen LogP contribution in [0.3, 0.4) is 0 Å². The third kappa shape index (κ3) is 0.932. The van der Waals surface area contributed by atoms with Crippen molar-refractivity contribution in [2.24, 2.45) is 0 Å². The molecule has 0 aliphatic rings. The lowest BCUT2D eigenvalue weighted by Crippen LogP contribution is -2.01. The van der Waals surface area contributed by atoms with Crippen LogP contribution in [0, 0.1) is 0 Å². The van der Waals surface area contributed by atoms with Crippen LogP contribution in [0.5, 0.6) is 0 Å². The summed E-state index contributed by atoms with van der Waals surface area (Å²) in [5.74, 6) is -0.940. The Morgan fingerprint density at radius 3 is 2.90 bits per heavy atom. The second-order valence-electron chi connectivity index (χ2n) is 1.79. The van der Waals surface area contributed by atoms with Gasteiger partial charge in [-0.3, -0.25) is 0 Å². The van der Waals surface area contributed by atoms with Crippen molar-refractivity contribution < 1.29 is 9.90 Å². The quantitative estimate of drug-likeness (QED) is 0.667. The molecule has 3 nitrogen and oxygen atoms in total. The highest BCUT2D eigenvalue weighted by Crippen LogP contribution is 2.01. The summed E-state index contributed by atoms with van der Waals surface area (Å²) >= 11 is 0. The molecule has 0 amide bonds. The van der Waals surface area contributed by atoms with Crippen molar-refractivity contribution in [2.75, 3.05) is 0 Å². The number of carbonyl (C=O) groups is 1. The second-order valence-corrected chi connectivity index (χ2v) is 1.79. The van der Waals surface area contributed by atoms with Gasteiger partial charge in [0.2, 0.25) is 0 Å². The Bertz CT molecular complexity index is 262. The summed E-state index contributed by atoms with van der Waals surface area (Å²) in [5.41, 5.74) is 0.231. The van der Waals surface area contributed by atoms with Crippen LogP contribution in [0.15, 0.2) is 24.9 Å².